The summed E-state index contributed by atoms with van der Waals surface area (Å²) in [7, 11) is 0. The maximum Gasteiger partial charge on any atom is 0.346 e. The van der Waals surface area contributed by atoms with E-state index in [9.17, 15) is 9.59 Å². The number of imidazole rings is 1. The number of carbonyl (C=O) groups is 2. The van der Waals surface area contributed by atoms with E-state index in [1.807, 2.05) is 34.1 Å². The van der Waals surface area contributed by atoms with Gasteiger partial charge in [0.2, 0.25) is 5.91 Å². The molecule has 1 saturated carbocycles. The Labute approximate surface area is 213 Å². The Hall–Kier alpha value is -2.49. The number of hydrogen-bond acceptors (Lipinski definition) is 5. The lowest BCUT2D eigenvalue weighted by Crippen LogP contribution is -2.57. The van der Waals surface area contributed by atoms with Gasteiger partial charge >= 0.3 is 11.7 Å². The molecule has 5 rings (SSSR count). The van der Waals surface area contributed by atoms with Crippen molar-refractivity contribution in [3.63, 3.8) is 0 Å². The second-order valence-corrected chi connectivity index (χ2v) is 10.7. The Kier molecular flexibility index (Phi) is 7.88. The largest absolute Gasteiger partial charge is 0.378 e. The maximum absolute atomic E-state index is 14.2. The fraction of sp³-hybridized carbons (Fsp3) is 0.667. The van der Waals surface area contributed by atoms with Gasteiger partial charge in [0.05, 0.1) is 31.8 Å². The van der Waals surface area contributed by atoms with Gasteiger partial charge in [0.25, 0.3) is 0 Å². The second kappa shape index (κ2) is 11.3. The summed E-state index contributed by atoms with van der Waals surface area (Å²) in [5, 5.41) is 3.45. The van der Waals surface area contributed by atoms with Gasteiger partial charge in [0.15, 0.2) is 11.0 Å². The molecule has 2 aromatic rings. The number of amides is 2. The Bertz CT molecular complexity index is 1060. The fourth-order valence-electron chi connectivity index (χ4n) is 5.39. The third-order valence-electron chi connectivity index (χ3n) is 7.38. The molecule has 2 aliphatic heterocycles. The second-order valence-electron chi connectivity index (χ2n) is 10.7. The van der Waals surface area contributed by atoms with Crippen LogP contribution in [0, 0.1) is 11.8 Å². The lowest BCUT2D eigenvalue weighted by atomic mass is 9.92. The molecule has 1 aromatic heterocycles. The van der Waals surface area contributed by atoms with Gasteiger partial charge in [-0.25, -0.2) is 9.55 Å². The number of H-pyrrole nitrogens is 1. The van der Waals surface area contributed by atoms with E-state index >= 15 is 0 Å². The highest BCUT2D eigenvalue weighted by molar-refractivity contribution is 5.92. The predicted molar refractivity (Wildman–Crippen MR) is 136 cm³/mol. The first-order valence-electron chi connectivity index (χ1n) is 13.5. The fourth-order valence-corrected chi connectivity index (χ4v) is 5.39. The summed E-state index contributed by atoms with van der Waals surface area (Å²) in [5.74, 6) is 0.909. The molecule has 0 unspecified atom stereocenters. The van der Waals surface area contributed by atoms with Crippen molar-refractivity contribution >= 4 is 22.8 Å². The SMILES string of the molecule is CC(C)CN(C(=O)c1[nH]c2ccccc2[n+]1CCOC1CC1)[C@@H]1CNC[C@H](C(=O)N2CCOCC2)C1. The van der Waals surface area contributed by atoms with Gasteiger partial charge in [-0.15, -0.1) is 0 Å². The molecule has 1 aromatic carbocycles. The van der Waals surface area contributed by atoms with Crippen molar-refractivity contribution in [2.24, 2.45) is 11.8 Å². The number of fused-ring (bicyclic) bond motifs is 1. The predicted octanol–water partition coefficient (Wildman–Crippen LogP) is 1.57. The Morgan fingerprint density at radius 1 is 1.19 bits per heavy atom. The van der Waals surface area contributed by atoms with E-state index < -0.39 is 0 Å². The number of nitrogens with zero attached hydrogens (tertiary/aromatic N) is 3. The minimum Gasteiger partial charge on any atom is -0.378 e. The van der Waals surface area contributed by atoms with E-state index in [1.54, 1.807) is 0 Å². The summed E-state index contributed by atoms with van der Waals surface area (Å²) < 4.78 is 13.4. The molecule has 2 N–H and O–H groups in total. The van der Waals surface area contributed by atoms with Crippen LogP contribution in [0.15, 0.2) is 24.3 Å². The smallest absolute Gasteiger partial charge is 0.346 e. The molecule has 9 heteroatoms. The van der Waals surface area contributed by atoms with Crippen LogP contribution in [0.3, 0.4) is 0 Å². The molecule has 2 atom stereocenters. The summed E-state index contributed by atoms with van der Waals surface area (Å²) in [6.45, 7) is 9.94. The van der Waals surface area contributed by atoms with Crippen LogP contribution in [0.2, 0.25) is 0 Å². The number of aromatic amines is 1. The van der Waals surface area contributed by atoms with Crippen LogP contribution in [0.25, 0.3) is 11.0 Å². The summed E-state index contributed by atoms with van der Waals surface area (Å²) >= 11 is 0. The average Bonchev–Trinajstić information content (AvgIpc) is 3.66. The van der Waals surface area contributed by atoms with Gasteiger partial charge in [-0.05, 0) is 37.3 Å². The molecule has 2 amide bonds. The van der Waals surface area contributed by atoms with Crippen LogP contribution < -0.4 is 9.88 Å². The monoisotopic (exact) mass is 498 g/mol. The number of nitrogens with one attached hydrogen (secondary N) is 2. The first kappa shape index (κ1) is 25.2. The quantitative estimate of drug-likeness (QED) is 0.513. The molecule has 0 bridgehead atoms. The van der Waals surface area contributed by atoms with E-state index in [-0.39, 0.29) is 23.8 Å². The molecular weight excluding hydrogens is 458 g/mol. The van der Waals surface area contributed by atoms with E-state index in [2.05, 4.69) is 28.7 Å². The lowest BCUT2D eigenvalue weighted by molar-refractivity contribution is -0.675. The van der Waals surface area contributed by atoms with Gasteiger partial charge in [0, 0.05) is 38.8 Å². The number of piperidine rings is 1. The number of carbonyl (C=O) groups excluding carboxylic acids is 2. The van der Waals surface area contributed by atoms with Crippen LogP contribution in [0.5, 0.6) is 0 Å². The molecule has 3 fully saturated rings. The normalized spacial score (nSPS) is 22.8. The molecule has 3 heterocycles. The first-order chi connectivity index (χ1) is 17.5. The Morgan fingerprint density at radius 2 is 1.97 bits per heavy atom. The van der Waals surface area contributed by atoms with E-state index in [1.165, 1.54) is 0 Å². The van der Waals surface area contributed by atoms with Gasteiger partial charge in [-0.1, -0.05) is 26.0 Å². The maximum atomic E-state index is 14.2. The van der Waals surface area contributed by atoms with Crippen molar-refractivity contribution < 1.29 is 23.6 Å². The first-order valence-corrected chi connectivity index (χ1v) is 13.5. The van der Waals surface area contributed by atoms with Crippen molar-refractivity contribution in [1.82, 2.24) is 20.1 Å². The van der Waals surface area contributed by atoms with Crippen LogP contribution in [-0.4, -0.2) is 91.3 Å². The van der Waals surface area contributed by atoms with Crippen molar-refractivity contribution in [3.05, 3.63) is 30.1 Å². The van der Waals surface area contributed by atoms with Crippen molar-refractivity contribution in [2.75, 3.05) is 52.5 Å². The minimum atomic E-state index is -0.133. The molecule has 1 aliphatic carbocycles. The van der Waals surface area contributed by atoms with E-state index in [0.717, 1.165) is 23.9 Å². The van der Waals surface area contributed by atoms with Gasteiger partial charge in [-0.3, -0.25) is 9.59 Å². The molecule has 3 aliphatic rings. The molecule has 36 heavy (non-hydrogen) atoms. The minimum absolute atomic E-state index is 0.0161. The topological polar surface area (TPSA) is 90.8 Å². The molecule has 0 radical (unpaired) electrons. The highest BCUT2D eigenvalue weighted by Gasteiger charge is 2.38. The van der Waals surface area contributed by atoms with Crippen LogP contribution in [0.1, 0.15) is 43.7 Å². The summed E-state index contributed by atoms with van der Waals surface area (Å²) in [5.41, 5.74) is 1.95. The number of rotatable bonds is 9. The summed E-state index contributed by atoms with van der Waals surface area (Å²) in [4.78, 5) is 34.7. The third kappa shape index (κ3) is 5.74. The third-order valence-corrected chi connectivity index (χ3v) is 7.38. The molecule has 196 valence electrons. The highest BCUT2D eigenvalue weighted by atomic mass is 16.5. The lowest BCUT2D eigenvalue weighted by Gasteiger charge is -2.39. The number of ether oxygens (including phenoxy) is 2. The van der Waals surface area contributed by atoms with E-state index in [4.69, 9.17) is 9.47 Å². The van der Waals surface area contributed by atoms with Crippen LogP contribution >= 0.6 is 0 Å². The van der Waals surface area contributed by atoms with Gasteiger partial charge < -0.3 is 24.6 Å². The molecular formula is C27H40N5O4+. The van der Waals surface area contributed by atoms with E-state index in [0.29, 0.717) is 83.4 Å². The summed E-state index contributed by atoms with van der Waals surface area (Å²) in [6, 6.07) is 7.99. The molecule has 9 nitrogen and oxygen atoms in total. The van der Waals surface area contributed by atoms with Gasteiger partial charge in [-0.2, -0.15) is 0 Å². The number of morpholine rings is 1. The zero-order chi connectivity index (χ0) is 25.1. The number of benzene rings is 1. The molecule has 2 saturated heterocycles. The van der Waals surface area contributed by atoms with Crippen molar-refractivity contribution in [2.45, 2.75) is 51.8 Å². The van der Waals surface area contributed by atoms with Crippen molar-refractivity contribution in [1.29, 1.82) is 0 Å². The van der Waals surface area contributed by atoms with Crippen LogP contribution in [0.4, 0.5) is 0 Å². The summed E-state index contributed by atoms with van der Waals surface area (Å²) in [6.07, 6.45) is 3.31. The van der Waals surface area contributed by atoms with Crippen LogP contribution in [-0.2, 0) is 20.8 Å². The average molecular weight is 499 g/mol. The van der Waals surface area contributed by atoms with Crippen molar-refractivity contribution in [3.8, 4) is 0 Å². The zero-order valence-electron chi connectivity index (χ0n) is 21.6. The number of aromatic nitrogens is 2. The Morgan fingerprint density at radius 3 is 2.72 bits per heavy atom. The number of para-hydroxylation sites is 2. The van der Waals surface area contributed by atoms with Gasteiger partial charge in [0.1, 0.15) is 6.54 Å². The number of hydrogen-bond donors (Lipinski definition) is 2. The zero-order valence-corrected chi connectivity index (χ0v) is 21.6. The molecule has 0 spiro atoms. The highest BCUT2D eigenvalue weighted by Crippen LogP contribution is 2.24. The Balaban J connectivity index is 1.37. The standard InChI is InChI=1S/C27H39N5O4/c1-19(2)18-32(21-15-20(16-28-17-21)26(33)30-9-12-35-13-10-30)27(34)25-29-23-5-3-4-6-24(23)31(25)11-14-36-22-7-8-22/h3-6,19-22,28H,7-18H2,1-2H3/p+1/t20-,21+/m1/s1.